The molecule has 0 bridgehead atoms. The maximum atomic E-state index is 8.33. The van der Waals surface area contributed by atoms with Crippen molar-refractivity contribution < 1.29 is 0 Å². The van der Waals surface area contributed by atoms with E-state index in [0.29, 0.717) is 12.1 Å². The Balaban J connectivity index is 2.55. The molecule has 0 aromatic carbocycles. The van der Waals surface area contributed by atoms with E-state index < -0.39 is 0 Å². The SMILES string of the molecule is CCC1=NN=C(C#N)C1. The molecular formula is C6H7N3. The fourth-order valence-corrected chi connectivity index (χ4v) is 0.653. The molecule has 0 amide bonds. The lowest BCUT2D eigenvalue weighted by Gasteiger charge is -1.86. The minimum atomic E-state index is 0.534. The van der Waals surface area contributed by atoms with Crippen molar-refractivity contribution in [3.63, 3.8) is 0 Å². The molecule has 0 spiro atoms. The number of nitrogens with zero attached hydrogens (tertiary/aromatic N) is 3. The lowest BCUT2D eigenvalue weighted by molar-refractivity contribution is 1.20. The zero-order valence-corrected chi connectivity index (χ0v) is 5.26. The van der Waals surface area contributed by atoms with Gasteiger partial charge in [0.1, 0.15) is 11.8 Å². The van der Waals surface area contributed by atoms with Crippen LogP contribution in [0.5, 0.6) is 0 Å². The van der Waals surface area contributed by atoms with Crippen LogP contribution in [0.25, 0.3) is 0 Å². The van der Waals surface area contributed by atoms with Crippen molar-refractivity contribution in [3.05, 3.63) is 0 Å². The molecule has 0 radical (unpaired) electrons. The molecule has 9 heavy (non-hydrogen) atoms. The Morgan fingerprint density at radius 2 is 2.44 bits per heavy atom. The van der Waals surface area contributed by atoms with E-state index in [1.54, 1.807) is 0 Å². The van der Waals surface area contributed by atoms with Crippen LogP contribution in [0.15, 0.2) is 10.2 Å². The normalized spacial score (nSPS) is 16.4. The highest BCUT2D eigenvalue weighted by molar-refractivity contribution is 6.14. The third kappa shape index (κ3) is 1.14. The summed E-state index contributed by atoms with van der Waals surface area (Å²) >= 11 is 0. The van der Waals surface area contributed by atoms with Crippen molar-refractivity contribution in [2.45, 2.75) is 19.8 Å². The minimum Gasteiger partial charge on any atom is -0.191 e. The molecule has 46 valence electrons. The second-order valence-electron chi connectivity index (χ2n) is 1.86. The molecule has 0 fully saturated rings. The van der Waals surface area contributed by atoms with Crippen LogP contribution in [0.4, 0.5) is 0 Å². The number of hydrogen-bond acceptors (Lipinski definition) is 3. The summed E-state index contributed by atoms with van der Waals surface area (Å²) in [5.41, 5.74) is 1.54. The number of hydrogen-bond donors (Lipinski definition) is 0. The van der Waals surface area contributed by atoms with E-state index in [0.717, 1.165) is 12.1 Å². The van der Waals surface area contributed by atoms with E-state index in [1.807, 2.05) is 13.0 Å². The quantitative estimate of drug-likeness (QED) is 0.512. The van der Waals surface area contributed by atoms with E-state index >= 15 is 0 Å². The fourth-order valence-electron chi connectivity index (χ4n) is 0.653. The van der Waals surface area contributed by atoms with Crippen LogP contribution in [-0.2, 0) is 0 Å². The van der Waals surface area contributed by atoms with Gasteiger partial charge in [-0.15, -0.1) is 5.10 Å². The Morgan fingerprint density at radius 1 is 1.67 bits per heavy atom. The van der Waals surface area contributed by atoms with Crippen LogP contribution in [-0.4, -0.2) is 11.4 Å². The van der Waals surface area contributed by atoms with Crippen molar-refractivity contribution in [1.82, 2.24) is 0 Å². The highest BCUT2D eigenvalue weighted by Crippen LogP contribution is 2.03. The summed E-state index contributed by atoms with van der Waals surface area (Å²) in [6.07, 6.45) is 1.56. The van der Waals surface area contributed by atoms with Crippen LogP contribution in [0.2, 0.25) is 0 Å². The van der Waals surface area contributed by atoms with E-state index in [2.05, 4.69) is 10.2 Å². The molecule has 1 rings (SSSR count). The van der Waals surface area contributed by atoms with Crippen molar-refractivity contribution >= 4 is 11.4 Å². The first-order valence-electron chi connectivity index (χ1n) is 2.89. The van der Waals surface area contributed by atoms with Gasteiger partial charge in [0.15, 0.2) is 0 Å². The van der Waals surface area contributed by atoms with Gasteiger partial charge in [0.25, 0.3) is 0 Å². The maximum Gasteiger partial charge on any atom is 0.145 e. The van der Waals surface area contributed by atoms with E-state index in [4.69, 9.17) is 5.26 Å². The molecule has 0 atom stereocenters. The lowest BCUT2D eigenvalue weighted by Crippen LogP contribution is -1.97. The van der Waals surface area contributed by atoms with Gasteiger partial charge in [-0.2, -0.15) is 10.4 Å². The van der Waals surface area contributed by atoms with Crippen molar-refractivity contribution in [3.8, 4) is 6.07 Å². The van der Waals surface area contributed by atoms with E-state index in [1.165, 1.54) is 0 Å². The molecule has 0 saturated heterocycles. The average molecular weight is 121 g/mol. The van der Waals surface area contributed by atoms with Gasteiger partial charge in [-0.05, 0) is 6.42 Å². The van der Waals surface area contributed by atoms with Crippen LogP contribution >= 0.6 is 0 Å². The van der Waals surface area contributed by atoms with Gasteiger partial charge in [-0.3, -0.25) is 0 Å². The van der Waals surface area contributed by atoms with Gasteiger partial charge in [0, 0.05) is 12.1 Å². The molecule has 1 aliphatic heterocycles. The highest BCUT2D eigenvalue weighted by atomic mass is 15.2. The third-order valence-corrected chi connectivity index (χ3v) is 1.22. The van der Waals surface area contributed by atoms with Gasteiger partial charge >= 0.3 is 0 Å². The fraction of sp³-hybridized carbons (Fsp3) is 0.500. The van der Waals surface area contributed by atoms with Gasteiger partial charge < -0.3 is 0 Å². The summed E-state index contributed by atoms with van der Waals surface area (Å²) in [5.74, 6) is 0. The van der Waals surface area contributed by atoms with Gasteiger partial charge in [0.2, 0.25) is 0 Å². The summed E-state index contributed by atoms with van der Waals surface area (Å²) in [5, 5.41) is 15.8. The molecular weight excluding hydrogens is 114 g/mol. The number of rotatable bonds is 1. The first kappa shape index (κ1) is 5.96. The van der Waals surface area contributed by atoms with Crippen LogP contribution in [0, 0.1) is 11.3 Å². The topological polar surface area (TPSA) is 48.5 Å². The molecule has 0 N–H and O–H groups in total. The Morgan fingerprint density at radius 3 is 2.78 bits per heavy atom. The van der Waals surface area contributed by atoms with Crippen molar-refractivity contribution in [2.24, 2.45) is 10.2 Å². The average Bonchev–Trinajstić information content (AvgIpc) is 2.34. The molecule has 3 nitrogen and oxygen atoms in total. The monoisotopic (exact) mass is 121 g/mol. The predicted molar refractivity (Wildman–Crippen MR) is 35.4 cm³/mol. The molecule has 0 unspecified atom stereocenters. The van der Waals surface area contributed by atoms with Gasteiger partial charge in [-0.25, -0.2) is 0 Å². The molecule has 0 aromatic rings. The predicted octanol–water partition coefficient (Wildman–Crippen LogP) is 1.12. The Kier molecular flexibility index (Phi) is 1.59. The van der Waals surface area contributed by atoms with Crippen LogP contribution in [0.1, 0.15) is 19.8 Å². The second-order valence-corrected chi connectivity index (χ2v) is 1.86. The Bertz CT molecular complexity index is 207. The smallest absolute Gasteiger partial charge is 0.145 e. The van der Waals surface area contributed by atoms with Gasteiger partial charge in [0.05, 0.1) is 0 Å². The van der Waals surface area contributed by atoms with Crippen LogP contribution < -0.4 is 0 Å². The largest absolute Gasteiger partial charge is 0.191 e. The first-order chi connectivity index (χ1) is 4.36. The first-order valence-corrected chi connectivity index (χ1v) is 2.89. The zero-order valence-electron chi connectivity index (χ0n) is 5.26. The summed E-state index contributed by atoms with van der Waals surface area (Å²) in [6, 6.07) is 1.96. The molecule has 1 aliphatic rings. The minimum absolute atomic E-state index is 0.534. The summed E-state index contributed by atoms with van der Waals surface area (Å²) in [6.45, 7) is 2.01. The van der Waals surface area contributed by atoms with Crippen molar-refractivity contribution in [2.75, 3.05) is 0 Å². The van der Waals surface area contributed by atoms with Gasteiger partial charge in [-0.1, -0.05) is 6.92 Å². The summed E-state index contributed by atoms with van der Waals surface area (Å²) in [7, 11) is 0. The number of nitriles is 1. The Labute approximate surface area is 53.7 Å². The molecule has 0 aliphatic carbocycles. The van der Waals surface area contributed by atoms with E-state index in [-0.39, 0.29) is 0 Å². The van der Waals surface area contributed by atoms with Crippen molar-refractivity contribution in [1.29, 1.82) is 5.26 Å². The standard InChI is InChI=1S/C6H7N3/c1-2-5-3-6(4-7)9-8-5/h2-3H2,1H3. The molecule has 3 heteroatoms. The second kappa shape index (κ2) is 2.40. The third-order valence-electron chi connectivity index (χ3n) is 1.22. The van der Waals surface area contributed by atoms with E-state index in [9.17, 15) is 0 Å². The zero-order chi connectivity index (χ0) is 6.69. The molecule has 1 heterocycles. The lowest BCUT2D eigenvalue weighted by atomic mass is 10.2. The maximum absolute atomic E-state index is 8.33. The Hall–Kier alpha value is -1.17. The summed E-state index contributed by atoms with van der Waals surface area (Å²) in [4.78, 5) is 0. The van der Waals surface area contributed by atoms with Crippen LogP contribution in [0.3, 0.4) is 0 Å². The summed E-state index contributed by atoms with van der Waals surface area (Å²) < 4.78 is 0. The molecule has 0 saturated carbocycles. The highest BCUT2D eigenvalue weighted by Gasteiger charge is 2.08. The molecule has 0 aromatic heterocycles.